The van der Waals surface area contributed by atoms with Gasteiger partial charge in [-0.2, -0.15) is 0 Å². The molecule has 0 bridgehead atoms. The van der Waals surface area contributed by atoms with E-state index < -0.39 is 0 Å². The topological polar surface area (TPSA) is 21.3 Å². The SMILES string of the molecule is c1ccc(-c2cccc(N(c3ccc(-c4cccc(-c5cccc(-n6c7ccccc7c7ccccc76)c5)c4)cc3)c3ccccc3-c3ccc4c(c3)oc3ccccc34)c2)cc1. The van der Waals surface area contributed by atoms with Crippen LogP contribution in [0.5, 0.6) is 0 Å². The molecule has 0 saturated carbocycles. The van der Waals surface area contributed by atoms with E-state index in [1.807, 2.05) is 12.1 Å². The molecule has 0 N–H and O–H groups in total. The van der Waals surface area contributed by atoms with Crippen molar-refractivity contribution in [1.29, 1.82) is 0 Å². The molecular weight excluding hydrogens is 765 g/mol. The Morgan fingerprint density at radius 3 is 1.62 bits per heavy atom. The Bertz CT molecular complexity index is 3580. The van der Waals surface area contributed by atoms with Crippen molar-refractivity contribution in [2.45, 2.75) is 0 Å². The molecule has 0 amide bonds. The number of benzene rings is 10. The minimum Gasteiger partial charge on any atom is -0.456 e. The van der Waals surface area contributed by atoms with Crippen LogP contribution in [0.1, 0.15) is 0 Å². The van der Waals surface area contributed by atoms with Gasteiger partial charge in [-0.05, 0) is 118 Å². The average molecular weight is 805 g/mol. The normalized spacial score (nSPS) is 11.5. The summed E-state index contributed by atoms with van der Waals surface area (Å²) in [5.41, 5.74) is 17.8. The van der Waals surface area contributed by atoms with E-state index >= 15 is 0 Å². The third kappa shape index (κ3) is 6.46. The van der Waals surface area contributed by atoms with Gasteiger partial charge in [-0.25, -0.2) is 0 Å². The summed E-state index contributed by atoms with van der Waals surface area (Å²) in [5.74, 6) is 0. The largest absolute Gasteiger partial charge is 0.456 e. The summed E-state index contributed by atoms with van der Waals surface area (Å²) in [7, 11) is 0. The summed E-state index contributed by atoms with van der Waals surface area (Å²) in [6.07, 6.45) is 0. The second-order valence-corrected chi connectivity index (χ2v) is 16.1. The quantitative estimate of drug-likeness (QED) is 0.153. The first kappa shape index (κ1) is 36.5. The fourth-order valence-corrected chi connectivity index (χ4v) is 9.40. The van der Waals surface area contributed by atoms with Crippen LogP contribution in [0.15, 0.2) is 247 Å². The number of nitrogens with zero attached hydrogens (tertiary/aromatic N) is 2. The van der Waals surface area contributed by atoms with Crippen molar-refractivity contribution in [3.05, 3.63) is 243 Å². The Morgan fingerprint density at radius 2 is 0.841 bits per heavy atom. The van der Waals surface area contributed by atoms with E-state index in [9.17, 15) is 0 Å². The van der Waals surface area contributed by atoms with E-state index in [1.165, 1.54) is 44.1 Å². The van der Waals surface area contributed by atoms with E-state index in [-0.39, 0.29) is 0 Å². The molecule has 3 heteroatoms. The molecule has 63 heavy (non-hydrogen) atoms. The molecule has 2 aromatic heterocycles. The van der Waals surface area contributed by atoms with Crippen LogP contribution >= 0.6 is 0 Å². The number of hydrogen-bond acceptors (Lipinski definition) is 2. The van der Waals surface area contributed by atoms with Gasteiger partial charge in [0.15, 0.2) is 0 Å². The highest BCUT2D eigenvalue weighted by Crippen LogP contribution is 2.44. The van der Waals surface area contributed by atoms with Crippen molar-refractivity contribution in [2.24, 2.45) is 0 Å². The van der Waals surface area contributed by atoms with Crippen LogP contribution in [-0.2, 0) is 0 Å². The maximum atomic E-state index is 6.38. The third-order valence-electron chi connectivity index (χ3n) is 12.4. The van der Waals surface area contributed by atoms with Gasteiger partial charge in [-0.3, -0.25) is 0 Å². The number of aromatic nitrogens is 1. The molecule has 0 radical (unpaired) electrons. The summed E-state index contributed by atoms with van der Waals surface area (Å²) >= 11 is 0. The Kier molecular flexibility index (Phi) is 8.83. The number of hydrogen-bond donors (Lipinski definition) is 0. The Balaban J connectivity index is 0.934. The maximum absolute atomic E-state index is 6.38. The van der Waals surface area contributed by atoms with Gasteiger partial charge in [0.05, 0.1) is 16.7 Å². The number of rotatable bonds is 8. The van der Waals surface area contributed by atoms with Gasteiger partial charge in [0.25, 0.3) is 0 Å². The van der Waals surface area contributed by atoms with Crippen LogP contribution < -0.4 is 4.90 Å². The molecule has 0 unspecified atom stereocenters. The van der Waals surface area contributed by atoms with Crippen LogP contribution in [-0.4, -0.2) is 4.57 Å². The molecule has 12 rings (SSSR count). The standard InChI is InChI=1S/C60H40N2O/c1-2-15-41(16-3-1)45-19-13-21-49(38-45)61(56-27-8-4-23-51(56)47-33-36-55-54-26-7-11-30-59(54)63-60(55)40-47)48-34-31-42(32-35-48)43-17-12-18-44(37-43)46-20-14-22-50(39-46)62-57-28-9-5-24-52(57)53-25-6-10-29-58(53)62/h1-40H. The zero-order valence-electron chi connectivity index (χ0n) is 34.4. The molecule has 296 valence electrons. The monoisotopic (exact) mass is 804 g/mol. The van der Waals surface area contributed by atoms with Gasteiger partial charge in [-0.1, -0.05) is 164 Å². The fraction of sp³-hybridized carbons (Fsp3) is 0. The van der Waals surface area contributed by atoms with Crippen molar-refractivity contribution in [2.75, 3.05) is 4.90 Å². The minimum atomic E-state index is 0.881. The zero-order valence-corrected chi connectivity index (χ0v) is 34.4. The van der Waals surface area contributed by atoms with E-state index in [0.717, 1.165) is 66.9 Å². The van der Waals surface area contributed by atoms with Gasteiger partial charge >= 0.3 is 0 Å². The Morgan fingerprint density at radius 1 is 0.302 bits per heavy atom. The zero-order chi connectivity index (χ0) is 41.7. The van der Waals surface area contributed by atoms with Crippen LogP contribution in [0.4, 0.5) is 17.1 Å². The lowest BCUT2D eigenvalue weighted by atomic mass is 9.97. The summed E-state index contributed by atoms with van der Waals surface area (Å²) in [6.45, 7) is 0. The molecule has 0 spiro atoms. The molecule has 12 aromatic rings. The van der Waals surface area contributed by atoms with Gasteiger partial charge < -0.3 is 13.9 Å². The number of para-hydroxylation sites is 4. The lowest BCUT2D eigenvalue weighted by molar-refractivity contribution is 0.669. The molecule has 3 nitrogen and oxygen atoms in total. The first-order chi connectivity index (χ1) is 31.2. The average Bonchev–Trinajstić information content (AvgIpc) is 3.90. The van der Waals surface area contributed by atoms with E-state index in [2.05, 4.69) is 240 Å². The van der Waals surface area contributed by atoms with Crippen LogP contribution in [0.3, 0.4) is 0 Å². The van der Waals surface area contributed by atoms with Crippen LogP contribution in [0, 0.1) is 0 Å². The Hall–Kier alpha value is -8.40. The molecule has 0 aliphatic carbocycles. The summed E-state index contributed by atoms with van der Waals surface area (Å²) in [4.78, 5) is 2.38. The second-order valence-electron chi connectivity index (χ2n) is 16.1. The van der Waals surface area contributed by atoms with Crippen molar-refractivity contribution in [3.8, 4) is 50.2 Å². The third-order valence-corrected chi connectivity index (χ3v) is 12.4. The molecule has 10 aromatic carbocycles. The lowest BCUT2D eigenvalue weighted by Gasteiger charge is -2.28. The predicted molar refractivity (Wildman–Crippen MR) is 264 cm³/mol. The van der Waals surface area contributed by atoms with Crippen molar-refractivity contribution >= 4 is 60.8 Å². The van der Waals surface area contributed by atoms with Gasteiger partial charge in [0.1, 0.15) is 11.2 Å². The lowest BCUT2D eigenvalue weighted by Crippen LogP contribution is -2.11. The molecule has 0 fully saturated rings. The van der Waals surface area contributed by atoms with E-state index in [1.54, 1.807) is 0 Å². The van der Waals surface area contributed by atoms with Gasteiger partial charge in [-0.15, -0.1) is 0 Å². The predicted octanol–water partition coefficient (Wildman–Crippen LogP) is 16.8. The molecule has 0 aliphatic heterocycles. The molecule has 2 heterocycles. The fourth-order valence-electron chi connectivity index (χ4n) is 9.40. The highest BCUT2D eigenvalue weighted by molar-refractivity contribution is 6.09. The number of furan rings is 1. The molecule has 0 saturated heterocycles. The first-order valence-corrected chi connectivity index (χ1v) is 21.5. The summed E-state index contributed by atoms with van der Waals surface area (Å²) in [6, 6.07) is 87.1. The van der Waals surface area contributed by atoms with Crippen molar-refractivity contribution in [1.82, 2.24) is 4.57 Å². The number of fused-ring (bicyclic) bond motifs is 6. The maximum Gasteiger partial charge on any atom is 0.136 e. The van der Waals surface area contributed by atoms with Crippen molar-refractivity contribution < 1.29 is 4.42 Å². The summed E-state index contributed by atoms with van der Waals surface area (Å²) < 4.78 is 8.76. The molecule has 0 aliphatic rings. The molecule has 0 atom stereocenters. The highest BCUT2D eigenvalue weighted by Gasteiger charge is 2.19. The van der Waals surface area contributed by atoms with Crippen LogP contribution in [0.2, 0.25) is 0 Å². The minimum absolute atomic E-state index is 0.881. The van der Waals surface area contributed by atoms with Crippen LogP contribution in [0.25, 0.3) is 93.9 Å². The summed E-state index contributed by atoms with van der Waals surface area (Å²) in [5, 5.41) is 4.78. The number of anilines is 3. The first-order valence-electron chi connectivity index (χ1n) is 21.5. The Labute approximate surface area is 366 Å². The van der Waals surface area contributed by atoms with Gasteiger partial charge in [0, 0.05) is 44.2 Å². The second kappa shape index (κ2) is 15.3. The highest BCUT2D eigenvalue weighted by atomic mass is 16.3. The smallest absolute Gasteiger partial charge is 0.136 e. The van der Waals surface area contributed by atoms with E-state index in [4.69, 9.17) is 4.42 Å². The van der Waals surface area contributed by atoms with Crippen molar-refractivity contribution in [3.63, 3.8) is 0 Å². The van der Waals surface area contributed by atoms with Gasteiger partial charge in [0.2, 0.25) is 0 Å². The van der Waals surface area contributed by atoms with E-state index in [0.29, 0.717) is 0 Å². The molecular formula is C60H40N2O.